The van der Waals surface area contributed by atoms with Gasteiger partial charge in [-0.1, -0.05) is 37.3 Å². The summed E-state index contributed by atoms with van der Waals surface area (Å²) in [6, 6.07) is 10.3. The van der Waals surface area contributed by atoms with E-state index >= 15 is 0 Å². The molecule has 0 bridgehead atoms. The third kappa shape index (κ3) is 4.92. The summed E-state index contributed by atoms with van der Waals surface area (Å²) in [6.07, 6.45) is 3.21. The summed E-state index contributed by atoms with van der Waals surface area (Å²) < 4.78 is 5.86. The molecule has 3 atom stereocenters. The van der Waals surface area contributed by atoms with Crippen LogP contribution in [0.1, 0.15) is 25.3 Å². The molecule has 1 aliphatic heterocycles. The van der Waals surface area contributed by atoms with Crippen molar-refractivity contribution in [3.8, 4) is 0 Å². The zero-order chi connectivity index (χ0) is 15.1. The maximum atomic E-state index is 10.8. The van der Waals surface area contributed by atoms with E-state index in [1.807, 2.05) is 25.1 Å². The van der Waals surface area contributed by atoms with Crippen LogP contribution in [0.2, 0.25) is 0 Å². The summed E-state index contributed by atoms with van der Waals surface area (Å²) in [5.74, 6) is 0.192. The van der Waals surface area contributed by atoms with Gasteiger partial charge < -0.3 is 15.3 Å². The van der Waals surface area contributed by atoms with Gasteiger partial charge >= 0.3 is 0 Å². The van der Waals surface area contributed by atoms with Crippen LogP contribution in [0, 0.1) is 5.92 Å². The van der Waals surface area contributed by atoms with Crippen molar-refractivity contribution in [2.24, 2.45) is 11.7 Å². The lowest BCUT2D eigenvalue weighted by atomic mass is 10.0. The molecule has 1 aromatic rings. The van der Waals surface area contributed by atoms with Gasteiger partial charge in [0.05, 0.1) is 19.3 Å². The van der Waals surface area contributed by atoms with Crippen LogP contribution < -0.4 is 5.73 Å². The molecule has 0 radical (unpaired) electrons. The van der Waals surface area contributed by atoms with Crippen LogP contribution in [0.4, 0.5) is 0 Å². The van der Waals surface area contributed by atoms with E-state index in [2.05, 4.69) is 17.0 Å². The number of hydrogen-bond donors (Lipinski definition) is 1. The van der Waals surface area contributed by atoms with Crippen LogP contribution in [0.3, 0.4) is 0 Å². The van der Waals surface area contributed by atoms with Crippen LogP contribution >= 0.6 is 0 Å². The van der Waals surface area contributed by atoms with Crippen LogP contribution in [0.5, 0.6) is 0 Å². The van der Waals surface area contributed by atoms with Crippen LogP contribution in [0.25, 0.3) is 0 Å². The average Bonchev–Trinajstić information content (AvgIpc) is 2.94. The molecule has 0 saturated carbocycles. The first-order valence-corrected chi connectivity index (χ1v) is 7.77. The fourth-order valence-corrected chi connectivity index (χ4v) is 2.84. The quantitative estimate of drug-likeness (QED) is 0.742. The van der Waals surface area contributed by atoms with E-state index in [1.54, 1.807) is 0 Å². The van der Waals surface area contributed by atoms with Gasteiger partial charge in [-0.05, 0) is 30.9 Å². The van der Waals surface area contributed by atoms with Gasteiger partial charge in [0.1, 0.15) is 6.29 Å². The number of benzene rings is 1. The lowest BCUT2D eigenvalue weighted by molar-refractivity contribution is -0.109. The monoisotopic (exact) mass is 290 g/mol. The molecule has 2 N–H and O–H groups in total. The third-order valence-corrected chi connectivity index (χ3v) is 4.26. The highest BCUT2D eigenvalue weighted by molar-refractivity contribution is 5.57. The molecule has 4 nitrogen and oxygen atoms in total. The predicted molar refractivity (Wildman–Crippen MR) is 83.9 cm³/mol. The molecule has 4 heteroatoms. The fourth-order valence-electron chi connectivity index (χ4n) is 2.84. The van der Waals surface area contributed by atoms with Gasteiger partial charge in [-0.3, -0.25) is 4.90 Å². The summed E-state index contributed by atoms with van der Waals surface area (Å²) in [6.45, 7) is 5.40. The predicted octanol–water partition coefficient (Wildman–Crippen LogP) is 1.83. The second kappa shape index (κ2) is 8.27. The lowest BCUT2D eigenvalue weighted by Crippen LogP contribution is -2.42. The van der Waals surface area contributed by atoms with Crippen molar-refractivity contribution in [1.29, 1.82) is 0 Å². The van der Waals surface area contributed by atoms with Crippen molar-refractivity contribution >= 4 is 6.29 Å². The fraction of sp³-hybridized carbons (Fsp3) is 0.588. The van der Waals surface area contributed by atoms with Crippen molar-refractivity contribution in [1.82, 2.24) is 4.90 Å². The summed E-state index contributed by atoms with van der Waals surface area (Å²) in [4.78, 5) is 13.2. The highest BCUT2D eigenvalue weighted by Crippen LogP contribution is 2.20. The summed E-state index contributed by atoms with van der Waals surface area (Å²) in [5.41, 5.74) is 7.00. The molecule has 2 rings (SSSR count). The van der Waals surface area contributed by atoms with E-state index in [0.717, 1.165) is 32.4 Å². The first kappa shape index (κ1) is 16.1. The summed E-state index contributed by atoms with van der Waals surface area (Å²) in [7, 11) is 0. The Balaban J connectivity index is 1.75. The Hall–Kier alpha value is -1.23. The van der Waals surface area contributed by atoms with Crippen molar-refractivity contribution in [3.05, 3.63) is 35.9 Å². The smallest absolute Gasteiger partial charge is 0.137 e. The van der Waals surface area contributed by atoms with Gasteiger partial charge in [0.15, 0.2) is 0 Å². The van der Waals surface area contributed by atoms with E-state index in [1.165, 1.54) is 12.0 Å². The zero-order valence-electron chi connectivity index (χ0n) is 12.8. The zero-order valence-corrected chi connectivity index (χ0v) is 12.8. The van der Waals surface area contributed by atoms with E-state index in [-0.39, 0.29) is 12.0 Å². The molecule has 1 saturated heterocycles. The molecule has 0 aromatic heterocycles. The van der Waals surface area contributed by atoms with E-state index < -0.39 is 0 Å². The van der Waals surface area contributed by atoms with Gasteiger partial charge in [-0.2, -0.15) is 0 Å². The molecule has 3 unspecified atom stereocenters. The Labute approximate surface area is 127 Å². The molecule has 21 heavy (non-hydrogen) atoms. The van der Waals surface area contributed by atoms with Crippen LogP contribution in [-0.2, 0) is 16.1 Å². The number of carbonyl (C=O) groups is 1. The number of carbonyl (C=O) groups excluding carboxylic acids is 1. The molecule has 116 valence electrons. The minimum absolute atomic E-state index is 0.192. The number of nitrogens with two attached hydrogens (primary N) is 1. The SMILES string of the molecule is CC(CN1CCCC1COCc1ccccc1)C(N)C=O. The second-order valence-corrected chi connectivity index (χ2v) is 5.98. The topological polar surface area (TPSA) is 55.6 Å². The number of nitrogens with zero attached hydrogens (tertiary/aromatic N) is 1. The van der Waals surface area contributed by atoms with Crippen molar-refractivity contribution in [3.63, 3.8) is 0 Å². The first-order chi connectivity index (χ1) is 10.2. The van der Waals surface area contributed by atoms with Gasteiger partial charge in [-0.15, -0.1) is 0 Å². The number of aldehydes is 1. The van der Waals surface area contributed by atoms with Crippen molar-refractivity contribution in [2.75, 3.05) is 19.7 Å². The van der Waals surface area contributed by atoms with Crippen molar-refractivity contribution < 1.29 is 9.53 Å². The summed E-state index contributed by atoms with van der Waals surface area (Å²) >= 11 is 0. The number of hydrogen-bond acceptors (Lipinski definition) is 4. The van der Waals surface area contributed by atoms with E-state index in [9.17, 15) is 4.79 Å². The van der Waals surface area contributed by atoms with Gasteiger partial charge in [-0.25, -0.2) is 0 Å². The normalized spacial score (nSPS) is 22.1. The Kier molecular flexibility index (Phi) is 6.36. The highest BCUT2D eigenvalue weighted by atomic mass is 16.5. The number of likely N-dealkylation sites (tertiary alicyclic amines) is 1. The molecule has 1 aliphatic rings. The average molecular weight is 290 g/mol. The Morgan fingerprint density at radius 3 is 2.90 bits per heavy atom. The molecule has 1 aromatic carbocycles. The van der Waals surface area contributed by atoms with Crippen LogP contribution in [-0.4, -0.2) is 43.0 Å². The molecule has 0 spiro atoms. The van der Waals surface area contributed by atoms with Gasteiger partial charge in [0.2, 0.25) is 0 Å². The van der Waals surface area contributed by atoms with E-state index in [4.69, 9.17) is 10.5 Å². The van der Waals surface area contributed by atoms with Crippen LogP contribution in [0.15, 0.2) is 30.3 Å². The molecule has 0 aliphatic carbocycles. The second-order valence-electron chi connectivity index (χ2n) is 5.98. The van der Waals surface area contributed by atoms with Gasteiger partial charge in [0, 0.05) is 12.6 Å². The molecule has 1 fully saturated rings. The third-order valence-electron chi connectivity index (χ3n) is 4.26. The number of rotatable bonds is 8. The molecular weight excluding hydrogens is 264 g/mol. The maximum Gasteiger partial charge on any atom is 0.137 e. The lowest BCUT2D eigenvalue weighted by Gasteiger charge is -2.28. The van der Waals surface area contributed by atoms with E-state index in [0.29, 0.717) is 12.6 Å². The standard InChI is InChI=1S/C17H26N2O2/c1-14(17(18)11-20)10-19-9-5-8-16(19)13-21-12-15-6-3-2-4-7-15/h2-4,6-7,11,14,16-17H,5,8-10,12-13,18H2,1H3. The Bertz CT molecular complexity index is 424. The molecular formula is C17H26N2O2. The minimum atomic E-state index is -0.364. The molecule has 1 heterocycles. The largest absolute Gasteiger partial charge is 0.375 e. The minimum Gasteiger partial charge on any atom is -0.375 e. The highest BCUT2D eigenvalue weighted by Gasteiger charge is 2.27. The maximum absolute atomic E-state index is 10.8. The molecule has 0 amide bonds. The Morgan fingerprint density at radius 1 is 1.43 bits per heavy atom. The van der Waals surface area contributed by atoms with Crippen molar-refractivity contribution in [2.45, 2.75) is 38.5 Å². The van der Waals surface area contributed by atoms with Gasteiger partial charge in [0.25, 0.3) is 0 Å². The number of ether oxygens (including phenoxy) is 1. The first-order valence-electron chi connectivity index (χ1n) is 7.77. The Morgan fingerprint density at radius 2 is 2.19 bits per heavy atom. The summed E-state index contributed by atoms with van der Waals surface area (Å²) in [5, 5.41) is 0.